The summed E-state index contributed by atoms with van der Waals surface area (Å²) in [5, 5.41) is 0. The van der Waals surface area contributed by atoms with Crippen LogP contribution in [0.3, 0.4) is 0 Å². The summed E-state index contributed by atoms with van der Waals surface area (Å²) in [4.78, 5) is 3.62. The van der Waals surface area contributed by atoms with Crippen molar-refractivity contribution in [3.8, 4) is 0 Å². The maximum absolute atomic E-state index is 13.1. The Morgan fingerprint density at radius 2 is 1.65 bits per heavy atom. The molecule has 138 valence electrons. The number of hydrogen-bond acceptors (Lipinski definition) is 1. The molecule has 0 saturated carbocycles. The number of hydrogen-bond donors (Lipinski definition) is 0. The van der Waals surface area contributed by atoms with E-state index in [0.29, 0.717) is 11.6 Å². The van der Waals surface area contributed by atoms with Crippen molar-refractivity contribution < 1.29 is 26.3 Å². The predicted molar refractivity (Wildman–Crippen MR) is 86.0 cm³/mol. The van der Waals surface area contributed by atoms with Crippen LogP contribution in [-0.4, -0.2) is 12.7 Å². The van der Waals surface area contributed by atoms with Crippen LogP contribution in [-0.2, 0) is 12.7 Å². The van der Waals surface area contributed by atoms with Gasteiger partial charge in [-0.3, -0.25) is 0 Å². The summed E-state index contributed by atoms with van der Waals surface area (Å²) < 4.78 is 78.3. The molecule has 0 aliphatic carbocycles. The molecule has 0 unspecified atom stereocenters. The molecule has 0 heterocycles. The largest absolute Gasteiger partial charge is 0.407 e. The predicted octanol–water partition coefficient (Wildman–Crippen LogP) is 6.13. The maximum Gasteiger partial charge on any atom is 0.407 e. The van der Waals surface area contributed by atoms with Gasteiger partial charge >= 0.3 is 12.4 Å². The molecule has 0 amide bonds. The van der Waals surface area contributed by atoms with Gasteiger partial charge in [0.1, 0.15) is 6.54 Å². The van der Waals surface area contributed by atoms with Crippen LogP contribution >= 0.6 is 0 Å². The Balaban J connectivity index is 2.49. The Hall–Kier alpha value is -2.69. The maximum atomic E-state index is 13.1. The third kappa shape index (κ3) is 4.91. The minimum absolute atomic E-state index is 0.207. The molecular weight excluding hydrogens is 358 g/mol. The van der Waals surface area contributed by atoms with Crippen LogP contribution in [0.5, 0.6) is 0 Å². The molecule has 2 aromatic rings. The number of aryl methyl sites for hydroxylation is 1. The van der Waals surface area contributed by atoms with E-state index in [1.807, 2.05) is 0 Å². The summed E-state index contributed by atoms with van der Waals surface area (Å²) in [6.45, 7) is 6.92. The van der Waals surface area contributed by atoms with E-state index in [2.05, 4.69) is 4.85 Å². The second-order valence-electron chi connectivity index (χ2n) is 5.71. The lowest BCUT2D eigenvalue weighted by atomic mass is 10.1. The van der Waals surface area contributed by atoms with Crippen LogP contribution < -0.4 is 4.90 Å². The van der Waals surface area contributed by atoms with Gasteiger partial charge in [-0.15, -0.1) is 0 Å². The van der Waals surface area contributed by atoms with Crippen LogP contribution in [0, 0.1) is 13.5 Å². The summed E-state index contributed by atoms with van der Waals surface area (Å²) in [7, 11) is 0. The summed E-state index contributed by atoms with van der Waals surface area (Å²) in [6, 6.07) is 9.30. The molecular formula is C18H14F6N2. The van der Waals surface area contributed by atoms with Crippen molar-refractivity contribution in [2.24, 2.45) is 0 Å². The average molecular weight is 372 g/mol. The summed E-state index contributed by atoms with van der Waals surface area (Å²) in [5.41, 5.74) is -0.843. The van der Waals surface area contributed by atoms with Crippen molar-refractivity contribution in [2.75, 3.05) is 11.4 Å². The first kappa shape index (κ1) is 19.6. The topological polar surface area (TPSA) is 7.60 Å². The highest BCUT2D eigenvalue weighted by Gasteiger charge is 2.35. The molecule has 0 N–H and O–H groups in total. The van der Waals surface area contributed by atoms with Crippen LogP contribution in [0.15, 0.2) is 42.5 Å². The van der Waals surface area contributed by atoms with E-state index >= 15 is 0 Å². The zero-order chi connectivity index (χ0) is 19.5. The first-order chi connectivity index (χ1) is 12.0. The molecule has 2 rings (SSSR count). The Morgan fingerprint density at radius 3 is 2.19 bits per heavy atom. The van der Waals surface area contributed by atoms with E-state index in [0.717, 1.165) is 22.6 Å². The monoisotopic (exact) mass is 372 g/mol. The van der Waals surface area contributed by atoms with Gasteiger partial charge < -0.3 is 4.90 Å². The third-order valence-electron chi connectivity index (χ3n) is 3.76. The second kappa shape index (κ2) is 7.28. The zero-order valence-corrected chi connectivity index (χ0v) is 13.6. The zero-order valence-electron chi connectivity index (χ0n) is 13.6. The van der Waals surface area contributed by atoms with Crippen molar-refractivity contribution in [2.45, 2.75) is 25.8 Å². The smallest absolute Gasteiger partial charge is 0.358 e. The van der Waals surface area contributed by atoms with Gasteiger partial charge in [0.25, 0.3) is 0 Å². The minimum Gasteiger partial charge on any atom is -0.358 e. The fourth-order valence-electron chi connectivity index (χ4n) is 2.49. The number of anilines is 1. The van der Waals surface area contributed by atoms with E-state index < -0.39 is 30.1 Å². The number of nitrogens with zero attached hydrogens (tertiary/aromatic N) is 2. The number of benzene rings is 2. The highest BCUT2D eigenvalue weighted by Crippen LogP contribution is 2.39. The first-order valence-electron chi connectivity index (χ1n) is 7.46. The van der Waals surface area contributed by atoms with Crippen molar-refractivity contribution in [1.82, 2.24) is 0 Å². The third-order valence-corrected chi connectivity index (χ3v) is 3.76. The molecule has 0 atom stereocenters. The van der Waals surface area contributed by atoms with Gasteiger partial charge in [0.15, 0.2) is 5.69 Å². The molecule has 2 nitrogen and oxygen atoms in total. The van der Waals surface area contributed by atoms with Crippen molar-refractivity contribution in [3.63, 3.8) is 0 Å². The van der Waals surface area contributed by atoms with Gasteiger partial charge in [-0.2, -0.15) is 26.3 Å². The molecule has 2 aromatic carbocycles. The molecule has 0 saturated heterocycles. The standard InChI is InChI=1S/C18H14F6N2/c1-12-5-3-4-6-13(12)10-26(11-17(19,20)21)14-7-8-16(25-2)15(9-14)18(22,23)24/h3-9H,10-11H2,1H3. The van der Waals surface area contributed by atoms with E-state index in [1.54, 1.807) is 31.2 Å². The van der Waals surface area contributed by atoms with E-state index in [1.165, 1.54) is 0 Å². The summed E-state index contributed by atoms with van der Waals surface area (Å²) >= 11 is 0. The highest BCUT2D eigenvalue weighted by atomic mass is 19.4. The van der Waals surface area contributed by atoms with Gasteiger partial charge in [-0.1, -0.05) is 30.3 Å². The van der Waals surface area contributed by atoms with Crippen LogP contribution in [0.2, 0.25) is 0 Å². The van der Waals surface area contributed by atoms with Crippen molar-refractivity contribution >= 4 is 11.4 Å². The molecule has 0 aromatic heterocycles. The number of rotatable bonds is 4. The van der Waals surface area contributed by atoms with Gasteiger partial charge in [-0.25, -0.2) is 4.85 Å². The lowest BCUT2D eigenvalue weighted by Crippen LogP contribution is -2.34. The van der Waals surface area contributed by atoms with E-state index in [4.69, 9.17) is 6.57 Å². The SMILES string of the molecule is [C-]#[N+]c1ccc(N(Cc2ccccc2C)CC(F)(F)F)cc1C(F)(F)F. The fourth-order valence-corrected chi connectivity index (χ4v) is 2.49. The number of alkyl halides is 6. The van der Waals surface area contributed by atoms with Gasteiger partial charge in [0, 0.05) is 12.2 Å². The molecule has 0 radical (unpaired) electrons. The molecule has 0 fully saturated rings. The molecule has 0 bridgehead atoms. The van der Waals surface area contributed by atoms with Crippen molar-refractivity contribution in [1.29, 1.82) is 0 Å². The lowest BCUT2D eigenvalue weighted by Gasteiger charge is -2.27. The van der Waals surface area contributed by atoms with E-state index in [9.17, 15) is 26.3 Å². The Labute approximate surface area is 146 Å². The normalized spacial score (nSPS) is 11.9. The molecule has 8 heteroatoms. The quantitative estimate of drug-likeness (QED) is 0.463. The van der Waals surface area contributed by atoms with E-state index in [-0.39, 0.29) is 12.2 Å². The van der Waals surface area contributed by atoms with Crippen LogP contribution in [0.4, 0.5) is 37.7 Å². The van der Waals surface area contributed by atoms with Crippen molar-refractivity contribution in [3.05, 3.63) is 70.6 Å². The minimum atomic E-state index is -4.83. The number of halogens is 6. The molecule has 26 heavy (non-hydrogen) atoms. The molecule has 0 aliphatic heterocycles. The Morgan fingerprint density at radius 1 is 1.00 bits per heavy atom. The second-order valence-corrected chi connectivity index (χ2v) is 5.71. The molecule has 0 aliphatic rings. The Kier molecular flexibility index (Phi) is 5.50. The van der Waals surface area contributed by atoms with Gasteiger partial charge in [0.05, 0.1) is 12.1 Å². The van der Waals surface area contributed by atoms with Gasteiger partial charge in [0.2, 0.25) is 0 Å². The summed E-state index contributed by atoms with van der Waals surface area (Å²) in [5.74, 6) is 0. The van der Waals surface area contributed by atoms with Gasteiger partial charge in [-0.05, 0) is 30.2 Å². The Bertz CT molecular complexity index is 818. The average Bonchev–Trinajstić information content (AvgIpc) is 2.53. The summed E-state index contributed by atoms with van der Waals surface area (Å²) in [6.07, 6.45) is -9.43. The molecule has 0 spiro atoms. The first-order valence-corrected chi connectivity index (χ1v) is 7.46. The highest BCUT2D eigenvalue weighted by molar-refractivity contribution is 5.62. The van der Waals surface area contributed by atoms with Crippen LogP contribution in [0.1, 0.15) is 16.7 Å². The lowest BCUT2D eigenvalue weighted by molar-refractivity contribution is -0.136. The van der Waals surface area contributed by atoms with Crippen LogP contribution in [0.25, 0.3) is 4.85 Å². The fraction of sp³-hybridized carbons (Fsp3) is 0.278.